The van der Waals surface area contributed by atoms with E-state index in [-0.39, 0.29) is 28.2 Å². The van der Waals surface area contributed by atoms with E-state index in [2.05, 4.69) is 15.6 Å². The maximum Gasteiger partial charge on any atom is 0.251 e. The number of aromatic nitrogens is 1. The van der Waals surface area contributed by atoms with Gasteiger partial charge in [-0.1, -0.05) is 23.5 Å². The van der Waals surface area contributed by atoms with Crippen molar-refractivity contribution in [1.82, 2.24) is 15.2 Å². The summed E-state index contributed by atoms with van der Waals surface area (Å²) < 4.78 is 13.9. The SMILES string of the molecule is CC(CN(C)C)NC(=O)c1ccc(Nc2nc(N)c(C(=O)c3ccccc3F)s2)cc1. The van der Waals surface area contributed by atoms with Crippen LogP contribution in [0.15, 0.2) is 48.5 Å². The molecule has 1 heterocycles. The van der Waals surface area contributed by atoms with Crippen molar-refractivity contribution in [3.05, 3.63) is 70.4 Å². The fourth-order valence-corrected chi connectivity index (χ4v) is 3.90. The first-order chi connectivity index (χ1) is 14.7. The first-order valence-electron chi connectivity index (χ1n) is 9.63. The van der Waals surface area contributed by atoms with Gasteiger partial charge >= 0.3 is 0 Å². The van der Waals surface area contributed by atoms with Crippen LogP contribution in [0.1, 0.15) is 32.5 Å². The van der Waals surface area contributed by atoms with Gasteiger partial charge in [-0.2, -0.15) is 0 Å². The first kappa shape index (κ1) is 22.4. The number of amides is 1. The lowest BCUT2D eigenvalue weighted by atomic mass is 10.1. The molecule has 0 radical (unpaired) electrons. The zero-order chi connectivity index (χ0) is 22.5. The fourth-order valence-electron chi connectivity index (χ4n) is 3.04. The van der Waals surface area contributed by atoms with Crippen molar-refractivity contribution < 1.29 is 14.0 Å². The molecule has 0 bridgehead atoms. The van der Waals surface area contributed by atoms with Gasteiger partial charge in [0.05, 0.1) is 5.56 Å². The number of nitrogens with zero attached hydrogens (tertiary/aromatic N) is 2. The van der Waals surface area contributed by atoms with Crippen LogP contribution in [0.25, 0.3) is 0 Å². The summed E-state index contributed by atoms with van der Waals surface area (Å²) >= 11 is 1.04. The number of benzene rings is 2. The van der Waals surface area contributed by atoms with Crippen LogP contribution < -0.4 is 16.4 Å². The molecule has 7 nitrogen and oxygen atoms in total. The molecule has 0 aliphatic rings. The Morgan fingerprint density at radius 3 is 2.48 bits per heavy atom. The highest BCUT2D eigenvalue weighted by Gasteiger charge is 2.20. The van der Waals surface area contributed by atoms with Crippen LogP contribution in [0.3, 0.4) is 0 Å². The molecule has 0 aliphatic carbocycles. The zero-order valence-corrected chi connectivity index (χ0v) is 18.3. The maximum absolute atomic E-state index is 13.9. The van der Waals surface area contributed by atoms with Crippen LogP contribution >= 0.6 is 11.3 Å². The highest BCUT2D eigenvalue weighted by Crippen LogP contribution is 2.30. The number of halogens is 1. The number of carbonyl (C=O) groups excluding carboxylic acids is 2. The highest BCUT2D eigenvalue weighted by molar-refractivity contribution is 7.18. The topological polar surface area (TPSA) is 100 Å². The molecule has 0 saturated carbocycles. The Balaban J connectivity index is 1.68. The van der Waals surface area contributed by atoms with Crippen LogP contribution in [0.4, 0.5) is 21.0 Å². The Labute approximate surface area is 184 Å². The van der Waals surface area contributed by atoms with Crippen molar-refractivity contribution in [3.8, 4) is 0 Å². The molecule has 1 amide bonds. The van der Waals surface area contributed by atoms with Gasteiger partial charge in [0.25, 0.3) is 5.91 Å². The second kappa shape index (κ2) is 9.67. The van der Waals surface area contributed by atoms with Gasteiger partial charge in [0.1, 0.15) is 16.5 Å². The average Bonchev–Trinajstić information content (AvgIpc) is 3.07. The van der Waals surface area contributed by atoms with E-state index in [0.29, 0.717) is 16.4 Å². The van der Waals surface area contributed by atoms with Crippen LogP contribution in [0.2, 0.25) is 0 Å². The molecule has 1 aromatic heterocycles. The summed E-state index contributed by atoms with van der Waals surface area (Å²) in [5.41, 5.74) is 7.04. The number of nitrogen functional groups attached to an aromatic ring is 1. The van der Waals surface area contributed by atoms with E-state index in [4.69, 9.17) is 5.73 Å². The fraction of sp³-hybridized carbons (Fsp3) is 0.227. The van der Waals surface area contributed by atoms with Crippen molar-refractivity contribution in [2.24, 2.45) is 0 Å². The number of thiazole rings is 1. The number of hydrogen-bond acceptors (Lipinski definition) is 7. The maximum atomic E-state index is 13.9. The first-order valence-corrected chi connectivity index (χ1v) is 10.4. The molecular weight excluding hydrogens is 417 g/mol. The van der Waals surface area contributed by atoms with E-state index in [1.165, 1.54) is 18.2 Å². The summed E-state index contributed by atoms with van der Waals surface area (Å²) in [6.07, 6.45) is 0. The molecule has 1 unspecified atom stereocenters. The second-order valence-electron chi connectivity index (χ2n) is 7.38. The summed E-state index contributed by atoms with van der Waals surface area (Å²) in [5, 5.41) is 6.40. The van der Waals surface area contributed by atoms with Gasteiger partial charge in [0.15, 0.2) is 5.13 Å². The summed E-state index contributed by atoms with van der Waals surface area (Å²) in [4.78, 5) is 31.3. The van der Waals surface area contributed by atoms with Gasteiger partial charge in [-0.05, 0) is 57.4 Å². The van der Waals surface area contributed by atoms with Gasteiger partial charge in [0.2, 0.25) is 5.78 Å². The Hall–Kier alpha value is -3.30. The van der Waals surface area contributed by atoms with Gasteiger partial charge in [-0.15, -0.1) is 0 Å². The van der Waals surface area contributed by atoms with E-state index >= 15 is 0 Å². The third-order valence-corrected chi connectivity index (χ3v) is 5.38. The van der Waals surface area contributed by atoms with Crippen molar-refractivity contribution in [3.63, 3.8) is 0 Å². The van der Waals surface area contributed by atoms with Crippen LogP contribution in [-0.4, -0.2) is 48.3 Å². The number of carbonyl (C=O) groups is 2. The standard InChI is InChI=1S/C22H24FN5O2S/c1-13(12-28(2)3)25-21(30)14-8-10-15(11-9-14)26-22-27-20(24)19(31-22)18(29)16-6-4-5-7-17(16)23/h4-11,13H,12,24H2,1-3H3,(H,25,30)(H,26,27). The highest BCUT2D eigenvalue weighted by atomic mass is 32.1. The largest absolute Gasteiger partial charge is 0.382 e. The Morgan fingerprint density at radius 2 is 1.84 bits per heavy atom. The molecule has 9 heteroatoms. The number of ketones is 1. The van der Waals surface area contributed by atoms with Gasteiger partial charge < -0.3 is 21.3 Å². The summed E-state index contributed by atoms with van der Waals surface area (Å²) in [5.74, 6) is -1.24. The molecule has 2 aromatic carbocycles. The van der Waals surface area contributed by atoms with Crippen LogP contribution in [0, 0.1) is 5.82 Å². The summed E-state index contributed by atoms with van der Waals surface area (Å²) in [6, 6.07) is 12.6. The average molecular weight is 442 g/mol. The molecule has 31 heavy (non-hydrogen) atoms. The molecule has 0 aliphatic heterocycles. The molecule has 0 spiro atoms. The van der Waals surface area contributed by atoms with Crippen molar-refractivity contribution in [2.45, 2.75) is 13.0 Å². The Bertz CT molecular complexity index is 1080. The number of likely N-dealkylation sites (N-methyl/N-ethyl adjacent to an activating group) is 1. The van der Waals surface area contributed by atoms with E-state index in [1.54, 1.807) is 30.3 Å². The lowest BCUT2D eigenvalue weighted by Gasteiger charge is -2.18. The Kier molecular flexibility index (Phi) is 6.98. The predicted molar refractivity (Wildman–Crippen MR) is 122 cm³/mol. The zero-order valence-electron chi connectivity index (χ0n) is 17.5. The number of rotatable bonds is 8. The number of nitrogens with two attached hydrogens (primary N) is 1. The number of hydrogen-bond donors (Lipinski definition) is 3. The third kappa shape index (κ3) is 5.65. The molecule has 0 saturated heterocycles. The van der Waals surface area contributed by atoms with Gasteiger partial charge in [0, 0.05) is 23.8 Å². The van der Waals surface area contributed by atoms with E-state index in [1.807, 2.05) is 25.9 Å². The van der Waals surface area contributed by atoms with E-state index in [0.717, 1.165) is 17.9 Å². The minimum absolute atomic E-state index is 0.0176. The third-order valence-electron chi connectivity index (χ3n) is 4.39. The Morgan fingerprint density at radius 1 is 1.16 bits per heavy atom. The lowest BCUT2D eigenvalue weighted by molar-refractivity contribution is 0.0933. The van der Waals surface area contributed by atoms with Crippen molar-refractivity contribution >= 4 is 39.7 Å². The van der Waals surface area contributed by atoms with Crippen molar-refractivity contribution in [1.29, 1.82) is 0 Å². The lowest BCUT2D eigenvalue weighted by Crippen LogP contribution is -2.39. The van der Waals surface area contributed by atoms with E-state index < -0.39 is 11.6 Å². The van der Waals surface area contributed by atoms with Crippen LogP contribution in [-0.2, 0) is 0 Å². The molecular formula is C22H24FN5O2S. The molecule has 3 rings (SSSR count). The monoisotopic (exact) mass is 441 g/mol. The minimum atomic E-state index is -0.608. The molecule has 3 aromatic rings. The van der Waals surface area contributed by atoms with E-state index in [9.17, 15) is 14.0 Å². The number of anilines is 3. The second-order valence-corrected chi connectivity index (χ2v) is 8.38. The molecule has 0 fully saturated rings. The summed E-state index contributed by atoms with van der Waals surface area (Å²) in [7, 11) is 3.90. The normalized spacial score (nSPS) is 11.9. The number of nitrogens with one attached hydrogen (secondary N) is 2. The van der Waals surface area contributed by atoms with Gasteiger partial charge in [-0.3, -0.25) is 9.59 Å². The smallest absolute Gasteiger partial charge is 0.251 e. The van der Waals surface area contributed by atoms with Crippen LogP contribution in [0.5, 0.6) is 0 Å². The summed E-state index contributed by atoms with van der Waals surface area (Å²) in [6.45, 7) is 2.69. The molecule has 4 N–H and O–H groups in total. The van der Waals surface area contributed by atoms with Gasteiger partial charge in [-0.25, -0.2) is 9.37 Å². The predicted octanol–water partition coefficient (Wildman–Crippen LogP) is 3.52. The molecule has 1 atom stereocenters. The molecule has 162 valence electrons. The van der Waals surface area contributed by atoms with Crippen molar-refractivity contribution in [2.75, 3.05) is 31.7 Å². The minimum Gasteiger partial charge on any atom is -0.382 e. The quantitative estimate of drug-likeness (QED) is 0.463.